The Morgan fingerprint density at radius 1 is 1.55 bits per heavy atom. The topological polar surface area (TPSA) is 78.6 Å². The summed E-state index contributed by atoms with van der Waals surface area (Å²) >= 11 is 0. The average molecular weight is 279 g/mol. The normalized spacial score (nSPS) is 19.8. The first kappa shape index (κ1) is 14.7. The molecule has 0 spiro atoms. The average Bonchev–Trinajstić information content (AvgIpc) is 2.47. The van der Waals surface area contributed by atoms with Crippen LogP contribution in [0.5, 0.6) is 0 Å². The Morgan fingerprint density at radius 3 is 3.00 bits per heavy atom. The number of nitro groups is 1. The Morgan fingerprint density at radius 2 is 2.35 bits per heavy atom. The molecule has 110 valence electrons. The second-order valence-corrected chi connectivity index (χ2v) is 5.27. The fourth-order valence-corrected chi connectivity index (χ4v) is 2.75. The van der Waals surface area contributed by atoms with E-state index < -0.39 is 0 Å². The third-order valence-electron chi connectivity index (χ3n) is 3.82. The number of piperidine rings is 1. The second-order valence-electron chi connectivity index (χ2n) is 5.27. The van der Waals surface area contributed by atoms with E-state index in [1.807, 2.05) is 7.05 Å². The number of hydrogen-bond acceptors (Lipinski definition) is 5. The summed E-state index contributed by atoms with van der Waals surface area (Å²) in [5.74, 6) is 0.320. The van der Waals surface area contributed by atoms with E-state index in [4.69, 9.17) is 0 Å². The first-order valence-electron chi connectivity index (χ1n) is 6.92. The van der Waals surface area contributed by atoms with E-state index in [-0.39, 0.29) is 17.2 Å². The van der Waals surface area contributed by atoms with Gasteiger partial charge in [-0.25, -0.2) is 0 Å². The van der Waals surface area contributed by atoms with E-state index in [0.29, 0.717) is 12.5 Å². The molecule has 1 saturated heterocycles. The van der Waals surface area contributed by atoms with E-state index in [2.05, 4.69) is 10.2 Å². The maximum Gasteiger partial charge on any atom is 0.269 e. The van der Waals surface area contributed by atoms with Gasteiger partial charge in [-0.2, -0.15) is 0 Å². The molecule has 1 fully saturated rings. The lowest BCUT2D eigenvalue weighted by atomic mass is 9.98. The van der Waals surface area contributed by atoms with Gasteiger partial charge in [-0.1, -0.05) is 0 Å². The Bertz CT molecular complexity index is 479. The Kier molecular flexibility index (Phi) is 4.92. The van der Waals surface area contributed by atoms with E-state index in [1.54, 1.807) is 12.1 Å². The second kappa shape index (κ2) is 6.67. The summed E-state index contributed by atoms with van der Waals surface area (Å²) in [7, 11) is 1.82. The fraction of sp³-hybridized carbons (Fsp3) is 0.571. The number of nitrogens with one attached hydrogen (secondary N) is 1. The molecule has 1 heterocycles. The summed E-state index contributed by atoms with van der Waals surface area (Å²) < 4.78 is 0. The van der Waals surface area contributed by atoms with Gasteiger partial charge in [0.05, 0.1) is 4.92 Å². The highest BCUT2D eigenvalue weighted by Gasteiger charge is 2.20. The van der Waals surface area contributed by atoms with Gasteiger partial charge in [-0.05, 0) is 36.9 Å². The molecular formula is C14H21N3O3. The number of aliphatic hydroxyl groups excluding tert-OH is 1. The molecular weight excluding hydrogens is 258 g/mol. The molecule has 1 aromatic rings. The molecule has 1 aromatic carbocycles. The molecule has 0 saturated carbocycles. The summed E-state index contributed by atoms with van der Waals surface area (Å²) in [6, 6.07) is 4.90. The van der Waals surface area contributed by atoms with Crippen LogP contribution in [0.15, 0.2) is 18.2 Å². The minimum absolute atomic E-state index is 0.120. The van der Waals surface area contributed by atoms with Crippen molar-refractivity contribution in [3.05, 3.63) is 33.9 Å². The molecule has 6 nitrogen and oxygen atoms in total. The SMILES string of the molecule is CNc1ccc([N+](=O)[O-])cc1CN1CCCC(CO)C1. The van der Waals surface area contributed by atoms with Crippen LogP contribution < -0.4 is 5.32 Å². The number of anilines is 1. The Hall–Kier alpha value is -1.66. The van der Waals surface area contributed by atoms with Gasteiger partial charge in [-0.3, -0.25) is 15.0 Å². The molecule has 1 aliphatic heterocycles. The van der Waals surface area contributed by atoms with Gasteiger partial charge in [0.25, 0.3) is 5.69 Å². The highest BCUT2D eigenvalue weighted by atomic mass is 16.6. The predicted molar refractivity (Wildman–Crippen MR) is 77.7 cm³/mol. The van der Waals surface area contributed by atoms with E-state index in [9.17, 15) is 15.2 Å². The molecule has 0 radical (unpaired) electrons. The molecule has 1 aliphatic rings. The molecule has 2 N–H and O–H groups in total. The molecule has 1 atom stereocenters. The number of hydrogen-bond donors (Lipinski definition) is 2. The van der Waals surface area contributed by atoms with Crippen LogP contribution >= 0.6 is 0 Å². The smallest absolute Gasteiger partial charge is 0.269 e. The first-order valence-corrected chi connectivity index (χ1v) is 6.92. The summed E-state index contributed by atoms with van der Waals surface area (Å²) in [5, 5.41) is 23.2. The van der Waals surface area contributed by atoms with Crippen LogP contribution in [0.25, 0.3) is 0 Å². The molecule has 6 heteroatoms. The number of nitrogens with zero attached hydrogens (tertiary/aromatic N) is 2. The quantitative estimate of drug-likeness (QED) is 0.635. The van der Waals surface area contributed by atoms with Crippen molar-refractivity contribution in [3.63, 3.8) is 0 Å². The summed E-state index contributed by atoms with van der Waals surface area (Å²) in [6.07, 6.45) is 2.12. The van der Waals surface area contributed by atoms with Crippen molar-refractivity contribution in [2.24, 2.45) is 5.92 Å². The molecule has 2 rings (SSSR count). The maximum absolute atomic E-state index is 10.9. The molecule has 0 bridgehead atoms. The van der Waals surface area contributed by atoms with Crippen LogP contribution in [0.1, 0.15) is 18.4 Å². The van der Waals surface area contributed by atoms with Crippen LogP contribution in [-0.4, -0.2) is 41.7 Å². The summed E-state index contributed by atoms with van der Waals surface area (Å²) in [4.78, 5) is 12.8. The molecule has 0 aliphatic carbocycles. The first-order chi connectivity index (χ1) is 9.63. The van der Waals surface area contributed by atoms with Crippen LogP contribution in [0.3, 0.4) is 0 Å². The third kappa shape index (κ3) is 3.46. The highest BCUT2D eigenvalue weighted by molar-refractivity contribution is 5.55. The van der Waals surface area contributed by atoms with Gasteiger partial charge in [-0.15, -0.1) is 0 Å². The largest absolute Gasteiger partial charge is 0.396 e. The van der Waals surface area contributed by atoms with Gasteiger partial charge in [0.2, 0.25) is 0 Å². The van der Waals surface area contributed by atoms with Gasteiger partial charge < -0.3 is 10.4 Å². The van der Waals surface area contributed by atoms with Crippen LogP contribution in [0, 0.1) is 16.0 Å². The fourth-order valence-electron chi connectivity index (χ4n) is 2.75. The molecule has 0 aromatic heterocycles. The zero-order chi connectivity index (χ0) is 14.5. The molecule has 0 amide bonds. The zero-order valence-electron chi connectivity index (χ0n) is 11.7. The van der Waals surface area contributed by atoms with Crippen LogP contribution in [0.2, 0.25) is 0 Å². The van der Waals surface area contributed by atoms with E-state index in [0.717, 1.165) is 37.2 Å². The maximum atomic E-state index is 10.9. The van der Waals surface area contributed by atoms with Crippen molar-refractivity contribution in [1.29, 1.82) is 0 Å². The lowest BCUT2D eigenvalue weighted by Gasteiger charge is -2.32. The number of nitro benzene ring substituents is 1. The third-order valence-corrected chi connectivity index (χ3v) is 3.82. The van der Waals surface area contributed by atoms with E-state index >= 15 is 0 Å². The summed E-state index contributed by atoms with van der Waals surface area (Å²) in [6.45, 7) is 2.71. The number of aliphatic hydroxyl groups is 1. The minimum Gasteiger partial charge on any atom is -0.396 e. The molecule has 1 unspecified atom stereocenters. The molecule has 20 heavy (non-hydrogen) atoms. The number of benzene rings is 1. The van der Waals surface area contributed by atoms with Gasteiger partial charge in [0.1, 0.15) is 0 Å². The van der Waals surface area contributed by atoms with Gasteiger partial charge in [0.15, 0.2) is 0 Å². The lowest BCUT2D eigenvalue weighted by Crippen LogP contribution is -2.36. The predicted octanol–water partition coefficient (Wildman–Crippen LogP) is 1.84. The zero-order valence-corrected chi connectivity index (χ0v) is 11.7. The minimum atomic E-state index is -0.365. The highest BCUT2D eigenvalue weighted by Crippen LogP contribution is 2.25. The van der Waals surface area contributed by atoms with E-state index in [1.165, 1.54) is 6.07 Å². The summed E-state index contributed by atoms with van der Waals surface area (Å²) in [5.41, 5.74) is 1.97. The van der Waals surface area contributed by atoms with Crippen molar-refractivity contribution in [2.45, 2.75) is 19.4 Å². The van der Waals surface area contributed by atoms with Crippen molar-refractivity contribution >= 4 is 11.4 Å². The lowest BCUT2D eigenvalue weighted by molar-refractivity contribution is -0.384. The standard InChI is InChI=1S/C14H21N3O3/c1-15-14-5-4-13(17(19)20)7-12(14)9-16-6-2-3-11(8-16)10-18/h4-5,7,11,15,18H,2-3,6,8-10H2,1H3. The van der Waals surface area contributed by atoms with Gasteiger partial charge >= 0.3 is 0 Å². The Balaban J connectivity index is 2.14. The Labute approximate surface area is 118 Å². The number of likely N-dealkylation sites (tertiary alicyclic amines) is 1. The van der Waals surface area contributed by atoms with Crippen LogP contribution in [0.4, 0.5) is 11.4 Å². The van der Waals surface area contributed by atoms with Crippen molar-refractivity contribution in [3.8, 4) is 0 Å². The monoisotopic (exact) mass is 279 g/mol. The van der Waals surface area contributed by atoms with Crippen molar-refractivity contribution in [2.75, 3.05) is 32.1 Å². The number of rotatable bonds is 5. The van der Waals surface area contributed by atoms with Crippen LogP contribution in [-0.2, 0) is 6.54 Å². The van der Waals surface area contributed by atoms with Crippen molar-refractivity contribution in [1.82, 2.24) is 4.90 Å². The van der Waals surface area contributed by atoms with Gasteiger partial charge in [0, 0.05) is 44.6 Å². The van der Waals surface area contributed by atoms with Crippen molar-refractivity contribution < 1.29 is 10.0 Å². The number of non-ortho nitro benzene ring substituents is 1.